The maximum Gasteiger partial charge on any atom is 0.342 e. The van der Waals surface area contributed by atoms with Crippen LogP contribution in [0.5, 0.6) is 0 Å². The zero-order valence-corrected chi connectivity index (χ0v) is 15.2. The van der Waals surface area contributed by atoms with Gasteiger partial charge in [-0.2, -0.15) is 0 Å². The van der Waals surface area contributed by atoms with E-state index in [0.717, 1.165) is 11.8 Å². The monoisotopic (exact) mass is 345 g/mol. The molecule has 1 amide bonds. The molecule has 1 heterocycles. The molecule has 2 fully saturated rings. The van der Waals surface area contributed by atoms with Crippen molar-refractivity contribution in [2.24, 2.45) is 17.8 Å². The van der Waals surface area contributed by atoms with Crippen LogP contribution >= 0.6 is 0 Å². The van der Waals surface area contributed by atoms with E-state index in [1.807, 2.05) is 14.1 Å². The number of nitrogens with one attached hydrogen (secondary N) is 1. The van der Waals surface area contributed by atoms with Gasteiger partial charge in [0.1, 0.15) is 11.4 Å². The number of carbonyl (C=O) groups excluding carboxylic acids is 2. The number of fused-ring (bicyclic) bond motifs is 2. The predicted molar refractivity (Wildman–Crippen MR) is 95.4 cm³/mol. The lowest BCUT2D eigenvalue weighted by atomic mass is 9.84. The highest BCUT2D eigenvalue weighted by Crippen LogP contribution is 2.49. The highest BCUT2D eigenvalue weighted by Gasteiger charge is 2.42. The molecule has 3 rings (SSSR count). The first kappa shape index (κ1) is 17.7. The zero-order valence-electron chi connectivity index (χ0n) is 15.2. The molecular formula is C19H27N3O3. The molecule has 2 bridgehead atoms. The summed E-state index contributed by atoms with van der Waals surface area (Å²) in [6.45, 7) is 1.81. The van der Waals surface area contributed by atoms with Crippen molar-refractivity contribution in [3.63, 3.8) is 0 Å². The Balaban J connectivity index is 1.50. The van der Waals surface area contributed by atoms with E-state index in [9.17, 15) is 9.59 Å². The average molecular weight is 345 g/mol. The zero-order chi connectivity index (χ0) is 18.0. The summed E-state index contributed by atoms with van der Waals surface area (Å²) in [5, 5.41) is 3.01. The predicted octanol–water partition coefficient (Wildman–Crippen LogP) is 2.25. The summed E-state index contributed by atoms with van der Waals surface area (Å²) in [6.07, 6.45) is 6.79. The van der Waals surface area contributed by atoms with E-state index in [1.165, 1.54) is 25.7 Å². The minimum absolute atomic E-state index is 0.136. The van der Waals surface area contributed by atoms with E-state index in [2.05, 4.69) is 17.2 Å². The van der Waals surface area contributed by atoms with Gasteiger partial charge in [0.15, 0.2) is 6.61 Å². The van der Waals surface area contributed by atoms with E-state index < -0.39 is 5.97 Å². The standard InChI is InChI=1S/C19H27N3O3/c1-12(16-10-13-6-7-14(16)9-13)21-17(23)11-25-19(24)15-5-4-8-20-18(15)22(2)3/h4-5,8,12-14,16H,6-7,9-11H2,1-3H3,(H,21,23). The first-order valence-electron chi connectivity index (χ1n) is 9.04. The summed E-state index contributed by atoms with van der Waals surface area (Å²) in [4.78, 5) is 30.3. The van der Waals surface area contributed by atoms with Crippen LogP contribution in [-0.4, -0.2) is 43.6 Å². The second-order valence-corrected chi connectivity index (χ2v) is 7.54. The van der Waals surface area contributed by atoms with E-state index in [0.29, 0.717) is 17.3 Å². The van der Waals surface area contributed by atoms with Gasteiger partial charge in [-0.25, -0.2) is 9.78 Å². The Morgan fingerprint density at radius 3 is 2.80 bits per heavy atom. The van der Waals surface area contributed by atoms with E-state index in [1.54, 1.807) is 23.2 Å². The van der Waals surface area contributed by atoms with Crippen molar-refractivity contribution in [2.45, 2.75) is 38.6 Å². The van der Waals surface area contributed by atoms with Gasteiger partial charge in [-0.05, 0) is 56.1 Å². The largest absolute Gasteiger partial charge is 0.452 e. The third-order valence-corrected chi connectivity index (χ3v) is 5.59. The van der Waals surface area contributed by atoms with Crippen molar-refractivity contribution in [2.75, 3.05) is 25.6 Å². The number of nitrogens with zero attached hydrogens (tertiary/aromatic N) is 2. The molecule has 2 saturated carbocycles. The van der Waals surface area contributed by atoms with Gasteiger partial charge >= 0.3 is 5.97 Å². The number of hydrogen-bond donors (Lipinski definition) is 1. The van der Waals surface area contributed by atoms with Crippen molar-refractivity contribution in [3.8, 4) is 0 Å². The number of esters is 1. The van der Waals surface area contributed by atoms with Gasteiger partial charge in [0.05, 0.1) is 0 Å². The van der Waals surface area contributed by atoms with Gasteiger partial charge in [0.2, 0.25) is 0 Å². The maximum atomic E-state index is 12.3. The van der Waals surface area contributed by atoms with Crippen LogP contribution in [-0.2, 0) is 9.53 Å². The Kier molecular flexibility index (Phi) is 5.25. The SMILES string of the molecule is CC(NC(=O)COC(=O)c1cccnc1N(C)C)C1CC2CCC1C2. The second-order valence-electron chi connectivity index (χ2n) is 7.54. The molecule has 6 heteroatoms. The smallest absolute Gasteiger partial charge is 0.342 e. The number of carbonyl (C=O) groups is 2. The Bertz CT molecular complexity index is 647. The van der Waals surface area contributed by atoms with Crippen LogP contribution in [0.4, 0.5) is 5.82 Å². The number of anilines is 1. The second kappa shape index (κ2) is 7.42. The molecule has 4 unspecified atom stereocenters. The van der Waals surface area contributed by atoms with Crippen molar-refractivity contribution in [3.05, 3.63) is 23.9 Å². The molecule has 1 N–H and O–H groups in total. The third kappa shape index (κ3) is 3.94. The van der Waals surface area contributed by atoms with Gasteiger partial charge in [0.25, 0.3) is 5.91 Å². The van der Waals surface area contributed by atoms with Gasteiger partial charge in [-0.1, -0.05) is 6.42 Å². The van der Waals surface area contributed by atoms with Crippen LogP contribution in [0.1, 0.15) is 43.0 Å². The van der Waals surface area contributed by atoms with E-state index in [4.69, 9.17) is 4.74 Å². The minimum atomic E-state index is -0.528. The lowest BCUT2D eigenvalue weighted by molar-refractivity contribution is -0.125. The number of ether oxygens (including phenoxy) is 1. The Labute approximate surface area is 148 Å². The van der Waals surface area contributed by atoms with E-state index >= 15 is 0 Å². The van der Waals surface area contributed by atoms with Crippen LogP contribution in [0.2, 0.25) is 0 Å². The van der Waals surface area contributed by atoms with E-state index in [-0.39, 0.29) is 18.6 Å². The molecule has 2 aliphatic rings. The molecule has 0 aliphatic heterocycles. The number of rotatable bonds is 6. The number of aromatic nitrogens is 1. The quantitative estimate of drug-likeness (QED) is 0.801. The fourth-order valence-electron chi connectivity index (χ4n) is 4.43. The van der Waals surface area contributed by atoms with Gasteiger partial charge in [-0.3, -0.25) is 4.79 Å². The number of amides is 1. The van der Waals surface area contributed by atoms with Crippen LogP contribution in [0.3, 0.4) is 0 Å². The van der Waals surface area contributed by atoms with Crippen LogP contribution < -0.4 is 10.2 Å². The fourth-order valence-corrected chi connectivity index (χ4v) is 4.43. The molecular weight excluding hydrogens is 318 g/mol. The molecule has 0 spiro atoms. The molecule has 0 radical (unpaired) electrons. The molecule has 6 nitrogen and oxygen atoms in total. The first-order chi connectivity index (χ1) is 12.0. The lowest BCUT2D eigenvalue weighted by Gasteiger charge is -2.28. The van der Waals surface area contributed by atoms with Gasteiger partial charge in [-0.15, -0.1) is 0 Å². The van der Waals surface area contributed by atoms with Crippen LogP contribution in [0.15, 0.2) is 18.3 Å². The third-order valence-electron chi connectivity index (χ3n) is 5.59. The molecule has 1 aromatic heterocycles. The topological polar surface area (TPSA) is 71.5 Å². The average Bonchev–Trinajstić information content (AvgIpc) is 3.23. The number of hydrogen-bond acceptors (Lipinski definition) is 5. The molecule has 4 atom stereocenters. The molecule has 0 saturated heterocycles. The van der Waals surface area contributed by atoms with Crippen molar-refractivity contribution < 1.29 is 14.3 Å². The molecule has 25 heavy (non-hydrogen) atoms. The van der Waals surface area contributed by atoms with Gasteiger partial charge < -0.3 is 15.0 Å². The fraction of sp³-hybridized carbons (Fsp3) is 0.632. The van der Waals surface area contributed by atoms with Crippen molar-refractivity contribution in [1.29, 1.82) is 0 Å². The summed E-state index contributed by atoms with van der Waals surface area (Å²) in [5.41, 5.74) is 0.362. The van der Waals surface area contributed by atoms with Gasteiger partial charge in [0, 0.05) is 26.3 Å². The lowest BCUT2D eigenvalue weighted by Crippen LogP contribution is -2.42. The van der Waals surface area contributed by atoms with Crippen LogP contribution in [0, 0.1) is 17.8 Å². The highest BCUT2D eigenvalue weighted by atomic mass is 16.5. The van der Waals surface area contributed by atoms with Crippen LogP contribution in [0.25, 0.3) is 0 Å². The summed E-state index contributed by atoms with van der Waals surface area (Å²) >= 11 is 0. The molecule has 0 aromatic carbocycles. The normalized spacial score (nSPS) is 25.5. The van der Waals surface area contributed by atoms with Crippen molar-refractivity contribution in [1.82, 2.24) is 10.3 Å². The molecule has 1 aromatic rings. The summed E-state index contributed by atoms with van der Waals surface area (Å²) in [6, 6.07) is 3.47. The Hall–Kier alpha value is -2.11. The first-order valence-corrected chi connectivity index (χ1v) is 9.04. The molecule has 136 valence electrons. The summed E-state index contributed by atoms with van der Waals surface area (Å²) in [5.74, 6) is 1.93. The maximum absolute atomic E-state index is 12.3. The Morgan fingerprint density at radius 1 is 1.36 bits per heavy atom. The summed E-state index contributed by atoms with van der Waals surface area (Å²) in [7, 11) is 3.62. The highest BCUT2D eigenvalue weighted by molar-refractivity contribution is 5.95. The minimum Gasteiger partial charge on any atom is -0.452 e. The summed E-state index contributed by atoms with van der Waals surface area (Å²) < 4.78 is 5.19. The molecule has 2 aliphatic carbocycles. The number of pyridine rings is 1. The van der Waals surface area contributed by atoms with Crippen molar-refractivity contribution >= 4 is 17.7 Å². The Morgan fingerprint density at radius 2 is 2.16 bits per heavy atom.